The molecule has 1 aromatic carbocycles. The van der Waals surface area contributed by atoms with Crippen molar-refractivity contribution in [2.75, 3.05) is 11.9 Å². The van der Waals surface area contributed by atoms with E-state index in [-0.39, 0.29) is 5.91 Å². The minimum Gasteiger partial charge on any atom is -0.357 e. The lowest BCUT2D eigenvalue weighted by molar-refractivity contribution is -0.114. The minimum atomic E-state index is -0.0967. The van der Waals surface area contributed by atoms with Crippen molar-refractivity contribution in [3.8, 4) is 0 Å². The zero-order valence-corrected chi connectivity index (χ0v) is 16.6. The molecule has 140 valence electrons. The first-order valence-corrected chi connectivity index (χ1v) is 9.04. The molecule has 2 aromatic rings. The largest absolute Gasteiger partial charge is 0.357 e. The van der Waals surface area contributed by atoms with Crippen molar-refractivity contribution in [3.05, 3.63) is 51.8 Å². The Morgan fingerprint density at radius 1 is 1.23 bits per heavy atom. The maximum atomic E-state index is 11.2. The number of benzene rings is 1. The fourth-order valence-electron chi connectivity index (χ4n) is 2.40. The van der Waals surface area contributed by atoms with Gasteiger partial charge in [-0.2, -0.15) is 0 Å². The van der Waals surface area contributed by atoms with E-state index >= 15 is 0 Å². The smallest absolute Gasteiger partial charge is 0.221 e. The number of rotatable bonds is 6. The highest BCUT2D eigenvalue weighted by Crippen LogP contribution is 2.24. The molecule has 0 saturated carbocycles. The van der Waals surface area contributed by atoms with Crippen LogP contribution >= 0.6 is 23.2 Å². The van der Waals surface area contributed by atoms with Crippen LogP contribution in [0.5, 0.6) is 0 Å². The number of hydrogen-bond donors (Lipinski definition) is 3. The molecule has 0 aliphatic carbocycles. The number of carbonyl (C=O) groups excluding carboxylic acids is 1. The van der Waals surface area contributed by atoms with Crippen LogP contribution in [0.3, 0.4) is 0 Å². The van der Waals surface area contributed by atoms with Gasteiger partial charge in [0.15, 0.2) is 5.96 Å². The lowest BCUT2D eigenvalue weighted by Gasteiger charge is -2.12. The normalized spacial score (nSPS) is 11.3. The summed E-state index contributed by atoms with van der Waals surface area (Å²) in [7, 11) is 1.86. The Labute approximate surface area is 163 Å². The second-order valence-electron chi connectivity index (χ2n) is 5.76. The Morgan fingerprint density at radius 3 is 2.62 bits per heavy atom. The number of hydrogen-bond acceptors (Lipinski definition) is 2. The first-order chi connectivity index (χ1) is 12.4. The van der Waals surface area contributed by atoms with Gasteiger partial charge in [-0.25, -0.2) is 4.99 Å². The Kier molecular flexibility index (Phi) is 7.36. The number of aromatic nitrogens is 1. The number of halogens is 2. The molecule has 2 rings (SSSR count). The van der Waals surface area contributed by atoms with E-state index in [1.54, 1.807) is 0 Å². The number of carbonyl (C=O) groups is 1. The highest BCUT2D eigenvalue weighted by molar-refractivity contribution is 6.41. The van der Waals surface area contributed by atoms with Gasteiger partial charge in [0.05, 0.1) is 18.1 Å². The molecule has 1 amide bonds. The number of anilines is 1. The van der Waals surface area contributed by atoms with Crippen LogP contribution in [0.15, 0.2) is 35.3 Å². The second kappa shape index (κ2) is 9.50. The fourth-order valence-corrected chi connectivity index (χ4v) is 2.81. The minimum absolute atomic E-state index is 0.0967. The third-order valence-corrected chi connectivity index (χ3v) is 4.51. The fraction of sp³-hybridized carbons (Fsp3) is 0.333. The first kappa shape index (κ1) is 20.1. The van der Waals surface area contributed by atoms with Crippen LogP contribution < -0.4 is 16.0 Å². The Balaban J connectivity index is 2.04. The van der Waals surface area contributed by atoms with Crippen LogP contribution in [0.25, 0.3) is 0 Å². The molecular formula is C18H23Cl2N5O. The predicted octanol–water partition coefficient (Wildman–Crippen LogP) is 3.55. The van der Waals surface area contributed by atoms with Crippen molar-refractivity contribution in [1.29, 1.82) is 0 Å². The Bertz CT molecular complexity index is 801. The number of nitrogens with one attached hydrogen (secondary N) is 3. The van der Waals surface area contributed by atoms with E-state index < -0.39 is 0 Å². The summed E-state index contributed by atoms with van der Waals surface area (Å²) in [4.78, 5) is 15.8. The van der Waals surface area contributed by atoms with Crippen molar-refractivity contribution in [2.24, 2.45) is 12.0 Å². The molecule has 0 atom stereocenters. The standard InChI is InChI=1S/C18H23Cl2N5O/c1-4-21-18(23-11-15-9-16(19)17(20)25(15)3)22-10-13-6-5-7-14(8-13)24-12(2)26/h5-9H,4,10-11H2,1-3H3,(H,24,26)(H2,21,22,23). The second-order valence-corrected chi connectivity index (χ2v) is 6.53. The van der Waals surface area contributed by atoms with Crippen molar-refractivity contribution in [1.82, 2.24) is 15.2 Å². The molecule has 1 heterocycles. The first-order valence-electron chi connectivity index (χ1n) is 8.29. The van der Waals surface area contributed by atoms with Gasteiger partial charge in [0.2, 0.25) is 5.91 Å². The van der Waals surface area contributed by atoms with E-state index in [0.717, 1.165) is 23.5 Å². The topological polar surface area (TPSA) is 70.4 Å². The molecule has 0 bridgehead atoms. The molecule has 6 nitrogen and oxygen atoms in total. The summed E-state index contributed by atoms with van der Waals surface area (Å²) in [5.41, 5.74) is 2.72. The van der Waals surface area contributed by atoms with Crippen molar-refractivity contribution in [3.63, 3.8) is 0 Å². The van der Waals surface area contributed by atoms with Gasteiger partial charge in [0.25, 0.3) is 0 Å². The van der Waals surface area contributed by atoms with E-state index in [9.17, 15) is 4.79 Å². The maximum Gasteiger partial charge on any atom is 0.221 e. The zero-order chi connectivity index (χ0) is 19.1. The Hall–Kier alpha value is -2.18. The molecule has 8 heteroatoms. The molecule has 1 aromatic heterocycles. The Morgan fingerprint density at radius 2 is 2.00 bits per heavy atom. The molecule has 0 fully saturated rings. The summed E-state index contributed by atoms with van der Waals surface area (Å²) in [6.45, 7) is 5.26. The van der Waals surface area contributed by atoms with E-state index in [2.05, 4.69) is 20.9 Å². The van der Waals surface area contributed by atoms with Crippen LogP contribution in [0, 0.1) is 0 Å². The van der Waals surface area contributed by atoms with Gasteiger partial charge < -0.3 is 20.5 Å². The van der Waals surface area contributed by atoms with E-state index in [4.69, 9.17) is 23.2 Å². The third kappa shape index (κ3) is 5.68. The van der Waals surface area contributed by atoms with E-state index in [1.807, 2.05) is 48.9 Å². The number of amides is 1. The SMILES string of the molecule is CCNC(=NCc1cccc(NC(C)=O)c1)NCc1cc(Cl)c(Cl)n1C. The van der Waals surface area contributed by atoms with Crippen molar-refractivity contribution in [2.45, 2.75) is 26.9 Å². The molecule has 0 saturated heterocycles. The van der Waals surface area contributed by atoms with Crippen LogP contribution in [-0.4, -0.2) is 23.0 Å². The van der Waals surface area contributed by atoms with Crippen LogP contribution in [-0.2, 0) is 24.9 Å². The number of nitrogens with zero attached hydrogens (tertiary/aromatic N) is 2. The van der Waals surface area contributed by atoms with Crippen LogP contribution in [0.1, 0.15) is 25.1 Å². The van der Waals surface area contributed by atoms with Crippen LogP contribution in [0.4, 0.5) is 5.69 Å². The average molecular weight is 396 g/mol. The summed E-state index contributed by atoms with van der Waals surface area (Å²) in [6.07, 6.45) is 0. The lowest BCUT2D eigenvalue weighted by atomic mass is 10.2. The molecule has 0 aliphatic heterocycles. The van der Waals surface area contributed by atoms with Gasteiger partial charge in [-0.15, -0.1) is 0 Å². The summed E-state index contributed by atoms with van der Waals surface area (Å²) >= 11 is 12.1. The molecule has 0 radical (unpaired) electrons. The third-order valence-electron chi connectivity index (χ3n) is 3.66. The van der Waals surface area contributed by atoms with Crippen molar-refractivity contribution < 1.29 is 4.79 Å². The molecular weight excluding hydrogens is 373 g/mol. The monoisotopic (exact) mass is 395 g/mol. The highest BCUT2D eigenvalue weighted by Gasteiger charge is 2.09. The lowest BCUT2D eigenvalue weighted by Crippen LogP contribution is -2.37. The highest BCUT2D eigenvalue weighted by atomic mass is 35.5. The van der Waals surface area contributed by atoms with Gasteiger partial charge in [-0.1, -0.05) is 35.3 Å². The van der Waals surface area contributed by atoms with Crippen molar-refractivity contribution >= 4 is 40.8 Å². The van der Waals surface area contributed by atoms with Gasteiger partial charge >= 0.3 is 0 Å². The van der Waals surface area contributed by atoms with Gasteiger partial charge in [0, 0.05) is 31.9 Å². The molecule has 0 spiro atoms. The molecule has 3 N–H and O–H groups in total. The van der Waals surface area contributed by atoms with Gasteiger partial charge in [-0.05, 0) is 30.7 Å². The molecule has 0 aliphatic rings. The predicted molar refractivity (Wildman–Crippen MR) is 108 cm³/mol. The number of aliphatic imine (C=N–C) groups is 1. The van der Waals surface area contributed by atoms with E-state index in [0.29, 0.717) is 29.2 Å². The van der Waals surface area contributed by atoms with Gasteiger partial charge in [0.1, 0.15) is 5.15 Å². The summed E-state index contributed by atoms with van der Waals surface area (Å²) in [6, 6.07) is 9.45. The number of guanidine groups is 1. The quantitative estimate of drug-likeness (QED) is 0.517. The molecule has 26 heavy (non-hydrogen) atoms. The van der Waals surface area contributed by atoms with Gasteiger partial charge in [-0.3, -0.25) is 4.79 Å². The summed E-state index contributed by atoms with van der Waals surface area (Å²) in [5.74, 6) is 0.589. The maximum absolute atomic E-state index is 11.2. The summed E-state index contributed by atoms with van der Waals surface area (Å²) < 4.78 is 1.83. The van der Waals surface area contributed by atoms with Crippen LogP contribution in [0.2, 0.25) is 10.2 Å². The zero-order valence-electron chi connectivity index (χ0n) is 15.1. The van der Waals surface area contributed by atoms with E-state index in [1.165, 1.54) is 6.92 Å². The average Bonchev–Trinajstić information content (AvgIpc) is 2.84. The molecule has 0 unspecified atom stereocenters. The summed E-state index contributed by atoms with van der Waals surface area (Å²) in [5, 5.41) is 10.3.